The van der Waals surface area contributed by atoms with E-state index in [-0.39, 0.29) is 5.91 Å². The number of halogens is 1. The normalized spacial score (nSPS) is 10.7. The van der Waals surface area contributed by atoms with Gasteiger partial charge in [-0.15, -0.1) is 0 Å². The number of benzene rings is 3. The van der Waals surface area contributed by atoms with Gasteiger partial charge in [0.15, 0.2) is 0 Å². The number of amides is 1. The van der Waals surface area contributed by atoms with Crippen molar-refractivity contribution >= 4 is 35.1 Å². The SMILES string of the molecule is CC(=O)Nc1ccc(N=Cc2ccccc2OCc2ccc(Cl)cc2)cc1. The number of hydrogen-bond donors (Lipinski definition) is 1. The van der Waals surface area contributed by atoms with Crippen molar-refractivity contribution in [1.29, 1.82) is 0 Å². The molecule has 136 valence electrons. The molecule has 0 radical (unpaired) electrons. The lowest BCUT2D eigenvalue weighted by molar-refractivity contribution is -0.114. The molecule has 0 heterocycles. The van der Waals surface area contributed by atoms with E-state index in [0.717, 1.165) is 28.3 Å². The summed E-state index contributed by atoms with van der Waals surface area (Å²) >= 11 is 5.91. The third-order valence-electron chi connectivity index (χ3n) is 3.77. The van der Waals surface area contributed by atoms with Gasteiger partial charge in [0.05, 0.1) is 5.69 Å². The molecule has 0 unspecified atom stereocenters. The summed E-state index contributed by atoms with van der Waals surface area (Å²) in [5, 5.41) is 3.44. The number of hydrogen-bond acceptors (Lipinski definition) is 3. The fraction of sp³-hybridized carbons (Fsp3) is 0.0909. The molecule has 0 aromatic heterocycles. The van der Waals surface area contributed by atoms with Gasteiger partial charge in [-0.3, -0.25) is 9.79 Å². The summed E-state index contributed by atoms with van der Waals surface area (Å²) in [7, 11) is 0. The standard InChI is InChI=1S/C22H19ClN2O2/c1-16(26)25-21-12-10-20(11-13-21)24-14-18-4-2-3-5-22(18)27-15-17-6-8-19(23)9-7-17/h2-14H,15H2,1H3,(H,25,26). The molecule has 4 nitrogen and oxygen atoms in total. The molecule has 0 aliphatic heterocycles. The lowest BCUT2D eigenvalue weighted by Crippen LogP contribution is -2.04. The Hall–Kier alpha value is -3.11. The van der Waals surface area contributed by atoms with Crippen LogP contribution in [0.25, 0.3) is 0 Å². The predicted octanol–water partition coefficient (Wildman–Crippen LogP) is 5.63. The topological polar surface area (TPSA) is 50.7 Å². The minimum Gasteiger partial charge on any atom is -0.488 e. The summed E-state index contributed by atoms with van der Waals surface area (Å²) in [5.74, 6) is 0.657. The van der Waals surface area contributed by atoms with Gasteiger partial charge in [0.25, 0.3) is 0 Å². The number of nitrogens with one attached hydrogen (secondary N) is 1. The Morgan fingerprint density at radius 3 is 2.44 bits per heavy atom. The summed E-state index contributed by atoms with van der Waals surface area (Å²) in [6, 6.07) is 22.6. The Morgan fingerprint density at radius 1 is 1.04 bits per heavy atom. The molecule has 0 aliphatic carbocycles. The highest BCUT2D eigenvalue weighted by atomic mass is 35.5. The highest BCUT2D eigenvalue weighted by molar-refractivity contribution is 6.30. The molecule has 27 heavy (non-hydrogen) atoms. The van der Waals surface area contributed by atoms with E-state index in [0.29, 0.717) is 11.6 Å². The molecular weight excluding hydrogens is 360 g/mol. The van der Waals surface area contributed by atoms with Crippen molar-refractivity contribution in [2.24, 2.45) is 4.99 Å². The number of nitrogens with zero attached hydrogens (tertiary/aromatic N) is 1. The first-order valence-electron chi connectivity index (χ1n) is 8.48. The number of ether oxygens (including phenoxy) is 1. The Balaban J connectivity index is 1.68. The van der Waals surface area contributed by atoms with Crippen LogP contribution < -0.4 is 10.1 Å². The molecule has 3 aromatic rings. The van der Waals surface area contributed by atoms with Gasteiger partial charge in [0.1, 0.15) is 12.4 Å². The zero-order chi connectivity index (χ0) is 19.1. The number of carbonyl (C=O) groups excluding carboxylic acids is 1. The van der Waals surface area contributed by atoms with Crippen LogP contribution in [0, 0.1) is 0 Å². The maximum Gasteiger partial charge on any atom is 0.221 e. The quantitative estimate of drug-likeness (QED) is 0.565. The Morgan fingerprint density at radius 2 is 1.74 bits per heavy atom. The first-order chi connectivity index (χ1) is 13.1. The van der Waals surface area contributed by atoms with Crippen LogP contribution in [0.3, 0.4) is 0 Å². The van der Waals surface area contributed by atoms with Crippen molar-refractivity contribution in [2.75, 3.05) is 5.32 Å². The van der Waals surface area contributed by atoms with Crippen molar-refractivity contribution in [3.8, 4) is 5.75 Å². The van der Waals surface area contributed by atoms with Gasteiger partial charge in [-0.05, 0) is 54.1 Å². The number of anilines is 1. The van der Waals surface area contributed by atoms with Gasteiger partial charge in [-0.2, -0.15) is 0 Å². The smallest absolute Gasteiger partial charge is 0.221 e. The van der Waals surface area contributed by atoms with E-state index < -0.39 is 0 Å². The maximum atomic E-state index is 11.1. The molecule has 5 heteroatoms. The van der Waals surface area contributed by atoms with E-state index >= 15 is 0 Å². The predicted molar refractivity (Wildman–Crippen MR) is 110 cm³/mol. The van der Waals surface area contributed by atoms with Crippen LogP contribution in [0.4, 0.5) is 11.4 Å². The second kappa shape index (κ2) is 9.01. The van der Waals surface area contributed by atoms with E-state index in [1.165, 1.54) is 6.92 Å². The lowest BCUT2D eigenvalue weighted by Gasteiger charge is -2.09. The average molecular weight is 379 g/mol. The summed E-state index contributed by atoms with van der Waals surface area (Å²) in [5.41, 5.74) is 3.46. The van der Waals surface area contributed by atoms with E-state index in [1.807, 2.05) is 72.8 Å². The minimum atomic E-state index is -0.0991. The summed E-state index contributed by atoms with van der Waals surface area (Å²) < 4.78 is 5.93. The van der Waals surface area contributed by atoms with Crippen LogP contribution >= 0.6 is 11.6 Å². The molecule has 1 amide bonds. The van der Waals surface area contributed by atoms with Crippen molar-refractivity contribution < 1.29 is 9.53 Å². The molecule has 3 rings (SSSR count). The number of carbonyl (C=O) groups is 1. The van der Waals surface area contributed by atoms with Crippen LogP contribution in [0.2, 0.25) is 5.02 Å². The van der Waals surface area contributed by atoms with Crippen LogP contribution in [-0.2, 0) is 11.4 Å². The van der Waals surface area contributed by atoms with Gasteiger partial charge in [0.2, 0.25) is 5.91 Å². The molecule has 0 saturated carbocycles. The monoisotopic (exact) mass is 378 g/mol. The largest absolute Gasteiger partial charge is 0.488 e. The molecule has 0 fully saturated rings. The van der Waals surface area contributed by atoms with E-state index in [9.17, 15) is 4.79 Å². The fourth-order valence-electron chi connectivity index (χ4n) is 2.44. The third kappa shape index (κ3) is 5.69. The first-order valence-corrected chi connectivity index (χ1v) is 8.86. The summed E-state index contributed by atoms with van der Waals surface area (Å²) in [6.07, 6.45) is 1.77. The number of para-hydroxylation sites is 1. The van der Waals surface area contributed by atoms with Crippen molar-refractivity contribution in [2.45, 2.75) is 13.5 Å². The number of rotatable bonds is 6. The zero-order valence-electron chi connectivity index (χ0n) is 14.9. The van der Waals surface area contributed by atoms with Crippen LogP contribution in [0.1, 0.15) is 18.1 Å². The second-order valence-electron chi connectivity index (χ2n) is 5.94. The summed E-state index contributed by atoms with van der Waals surface area (Å²) in [6.45, 7) is 1.93. The third-order valence-corrected chi connectivity index (χ3v) is 4.02. The maximum absolute atomic E-state index is 11.1. The molecule has 0 spiro atoms. The zero-order valence-corrected chi connectivity index (χ0v) is 15.6. The van der Waals surface area contributed by atoms with Crippen molar-refractivity contribution in [3.63, 3.8) is 0 Å². The van der Waals surface area contributed by atoms with Gasteiger partial charge in [-0.25, -0.2) is 0 Å². The molecule has 0 bridgehead atoms. The van der Waals surface area contributed by atoms with Crippen molar-refractivity contribution in [1.82, 2.24) is 0 Å². The van der Waals surface area contributed by atoms with E-state index in [4.69, 9.17) is 16.3 Å². The Kier molecular flexibility index (Phi) is 6.23. The first kappa shape index (κ1) is 18.7. The molecule has 0 atom stereocenters. The highest BCUT2D eigenvalue weighted by Crippen LogP contribution is 2.21. The van der Waals surface area contributed by atoms with Gasteiger partial charge < -0.3 is 10.1 Å². The van der Waals surface area contributed by atoms with Gasteiger partial charge in [-0.1, -0.05) is 35.9 Å². The fourth-order valence-corrected chi connectivity index (χ4v) is 2.56. The molecule has 1 N–H and O–H groups in total. The Labute approximate surface area is 163 Å². The van der Waals surface area contributed by atoms with Crippen LogP contribution in [0.5, 0.6) is 5.75 Å². The van der Waals surface area contributed by atoms with E-state index in [2.05, 4.69) is 10.3 Å². The average Bonchev–Trinajstić information content (AvgIpc) is 2.67. The van der Waals surface area contributed by atoms with Crippen LogP contribution in [-0.4, -0.2) is 12.1 Å². The van der Waals surface area contributed by atoms with E-state index in [1.54, 1.807) is 6.21 Å². The highest BCUT2D eigenvalue weighted by Gasteiger charge is 2.02. The molecule has 0 saturated heterocycles. The molecular formula is C22H19ClN2O2. The van der Waals surface area contributed by atoms with Gasteiger partial charge >= 0.3 is 0 Å². The number of aliphatic imine (C=N–C) groups is 1. The molecule has 0 aliphatic rings. The Bertz CT molecular complexity index is 935. The molecule has 3 aromatic carbocycles. The van der Waals surface area contributed by atoms with Gasteiger partial charge in [0, 0.05) is 29.4 Å². The van der Waals surface area contributed by atoms with Crippen LogP contribution in [0.15, 0.2) is 77.8 Å². The second-order valence-corrected chi connectivity index (χ2v) is 6.38. The summed E-state index contributed by atoms with van der Waals surface area (Å²) in [4.78, 5) is 15.6. The van der Waals surface area contributed by atoms with Crippen molar-refractivity contribution in [3.05, 3.63) is 88.9 Å². The minimum absolute atomic E-state index is 0.0991. The lowest BCUT2D eigenvalue weighted by atomic mass is 10.2.